The number of benzene rings is 2. The minimum absolute atomic E-state index is 0.176. The molecule has 1 N–H and O–H groups in total. The highest BCUT2D eigenvalue weighted by molar-refractivity contribution is 7.99. The van der Waals surface area contributed by atoms with Crippen molar-refractivity contribution in [2.24, 2.45) is 0 Å². The van der Waals surface area contributed by atoms with Crippen molar-refractivity contribution in [3.05, 3.63) is 47.5 Å². The highest BCUT2D eigenvalue weighted by Crippen LogP contribution is 2.31. The van der Waals surface area contributed by atoms with Crippen molar-refractivity contribution in [2.45, 2.75) is 18.6 Å². The summed E-state index contributed by atoms with van der Waals surface area (Å²) in [6.07, 6.45) is 0. The summed E-state index contributed by atoms with van der Waals surface area (Å²) in [5, 5.41) is 12.6. The normalized spacial score (nSPS) is 10.6. The van der Waals surface area contributed by atoms with Crippen molar-refractivity contribution in [1.29, 1.82) is 0 Å². The molecule has 0 saturated heterocycles. The zero-order valence-electron chi connectivity index (χ0n) is 16.3. The van der Waals surface area contributed by atoms with Gasteiger partial charge in [-0.1, -0.05) is 35.5 Å². The molecule has 0 spiro atoms. The first-order valence-electron chi connectivity index (χ1n) is 8.90. The van der Waals surface area contributed by atoms with Gasteiger partial charge in [0.1, 0.15) is 11.5 Å². The number of carbonyl (C=O) groups excluding carboxylic acids is 1. The van der Waals surface area contributed by atoms with E-state index in [1.807, 2.05) is 35.8 Å². The number of nitrogens with zero attached hydrogens (tertiary/aromatic N) is 3. The van der Waals surface area contributed by atoms with Crippen LogP contribution in [0.15, 0.2) is 47.6 Å². The summed E-state index contributed by atoms with van der Waals surface area (Å²) in [7, 11) is 3.11. The second-order valence-corrected chi connectivity index (χ2v) is 7.28. The van der Waals surface area contributed by atoms with E-state index < -0.39 is 0 Å². The van der Waals surface area contributed by atoms with Crippen LogP contribution in [0.25, 0.3) is 11.4 Å². The summed E-state index contributed by atoms with van der Waals surface area (Å²) in [5.74, 6) is 1.86. The topological polar surface area (TPSA) is 78.3 Å². The molecule has 0 fully saturated rings. The number of hydrogen-bond donors (Lipinski definition) is 1. The van der Waals surface area contributed by atoms with Crippen molar-refractivity contribution in [2.75, 3.05) is 25.3 Å². The van der Waals surface area contributed by atoms with Crippen LogP contribution in [0.4, 0.5) is 5.69 Å². The Labute approximate surface area is 178 Å². The molecule has 0 saturated carbocycles. The second-order valence-electron chi connectivity index (χ2n) is 5.93. The number of rotatable bonds is 8. The first-order valence-corrected chi connectivity index (χ1v) is 10.3. The van der Waals surface area contributed by atoms with Gasteiger partial charge in [-0.05, 0) is 31.2 Å². The van der Waals surface area contributed by atoms with Gasteiger partial charge in [-0.25, -0.2) is 0 Å². The molecule has 0 radical (unpaired) electrons. The summed E-state index contributed by atoms with van der Waals surface area (Å²) in [5.41, 5.74) is 1.38. The number of ether oxygens (including phenoxy) is 2. The molecular weight excluding hydrogens is 412 g/mol. The Morgan fingerprint density at radius 1 is 1.17 bits per heavy atom. The lowest BCUT2D eigenvalue weighted by Crippen LogP contribution is -2.15. The number of methoxy groups -OCH3 is 2. The number of thioether (sulfide) groups is 1. The summed E-state index contributed by atoms with van der Waals surface area (Å²) >= 11 is 7.60. The van der Waals surface area contributed by atoms with Crippen molar-refractivity contribution >= 4 is 35.0 Å². The summed E-state index contributed by atoms with van der Waals surface area (Å²) in [6, 6.07) is 12.7. The third-order valence-corrected chi connectivity index (χ3v) is 5.46. The predicted molar refractivity (Wildman–Crippen MR) is 115 cm³/mol. The fourth-order valence-electron chi connectivity index (χ4n) is 2.74. The predicted octanol–water partition coefficient (Wildman–Crippen LogP) is 4.37. The van der Waals surface area contributed by atoms with Crippen molar-refractivity contribution in [3.8, 4) is 22.9 Å². The molecule has 1 heterocycles. The standard InChI is InChI=1S/C20H21ClN4O3S/c1-4-25-19(14-7-5-6-8-15(14)21)23-24-20(25)29-12-18(26)22-16-10-9-13(27-2)11-17(16)28-3/h5-11H,4,12H2,1-3H3,(H,22,26). The smallest absolute Gasteiger partial charge is 0.234 e. The van der Waals surface area contributed by atoms with Gasteiger partial charge in [-0.2, -0.15) is 0 Å². The number of aromatic nitrogens is 3. The molecule has 0 aliphatic heterocycles. The number of amides is 1. The molecule has 2 aromatic carbocycles. The van der Waals surface area contributed by atoms with Gasteiger partial charge >= 0.3 is 0 Å². The van der Waals surface area contributed by atoms with Crippen LogP contribution in [-0.4, -0.2) is 40.6 Å². The van der Waals surface area contributed by atoms with Gasteiger partial charge in [0.05, 0.1) is 30.7 Å². The maximum absolute atomic E-state index is 12.4. The molecule has 1 aromatic heterocycles. The SMILES string of the molecule is CCn1c(SCC(=O)Nc2ccc(OC)cc2OC)nnc1-c1ccccc1Cl. The molecular formula is C20H21ClN4O3S. The molecule has 0 bridgehead atoms. The Morgan fingerprint density at radius 2 is 1.97 bits per heavy atom. The lowest BCUT2D eigenvalue weighted by atomic mass is 10.2. The fourth-order valence-corrected chi connectivity index (χ4v) is 3.76. The minimum atomic E-state index is -0.177. The summed E-state index contributed by atoms with van der Waals surface area (Å²) < 4.78 is 12.4. The first-order chi connectivity index (χ1) is 14.1. The number of carbonyl (C=O) groups is 1. The van der Waals surface area contributed by atoms with Crippen LogP contribution < -0.4 is 14.8 Å². The third-order valence-electron chi connectivity index (χ3n) is 4.16. The molecule has 0 atom stereocenters. The maximum Gasteiger partial charge on any atom is 0.234 e. The van der Waals surface area contributed by atoms with E-state index in [-0.39, 0.29) is 11.7 Å². The zero-order chi connectivity index (χ0) is 20.8. The van der Waals surface area contributed by atoms with Crippen LogP contribution in [-0.2, 0) is 11.3 Å². The van der Waals surface area contributed by atoms with E-state index in [0.29, 0.717) is 39.7 Å². The van der Waals surface area contributed by atoms with E-state index in [4.69, 9.17) is 21.1 Å². The molecule has 0 aliphatic rings. The third kappa shape index (κ3) is 4.83. The van der Waals surface area contributed by atoms with E-state index >= 15 is 0 Å². The van der Waals surface area contributed by atoms with Crippen LogP contribution >= 0.6 is 23.4 Å². The summed E-state index contributed by atoms with van der Waals surface area (Å²) in [4.78, 5) is 12.4. The molecule has 152 valence electrons. The first kappa shape index (κ1) is 21.0. The highest BCUT2D eigenvalue weighted by Gasteiger charge is 2.17. The van der Waals surface area contributed by atoms with Gasteiger partial charge < -0.3 is 19.4 Å². The Kier molecular flexibility index (Phi) is 7.00. The number of hydrogen-bond acceptors (Lipinski definition) is 6. The molecule has 29 heavy (non-hydrogen) atoms. The fraction of sp³-hybridized carbons (Fsp3) is 0.250. The van der Waals surface area contributed by atoms with Gasteiger partial charge in [0, 0.05) is 18.2 Å². The minimum Gasteiger partial charge on any atom is -0.497 e. The van der Waals surface area contributed by atoms with Crippen LogP contribution in [0.2, 0.25) is 5.02 Å². The molecule has 7 nitrogen and oxygen atoms in total. The van der Waals surface area contributed by atoms with E-state index in [1.165, 1.54) is 11.8 Å². The van der Waals surface area contributed by atoms with Gasteiger partial charge in [-0.15, -0.1) is 10.2 Å². The quantitative estimate of drug-likeness (QED) is 0.532. The monoisotopic (exact) mass is 432 g/mol. The Bertz CT molecular complexity index is 1010. The van der Waals surface area contributed by atoms with Crippen molar-refractivity contribution in [3.63, 3.8) is 0 Å². The second kappa shape index (κ2) is 9.67. The van der Waals surface area contributed by atoms with Gasteiger partial charge in [0.2, 0.25) is 5.91 Å². The number of anilines is 1. The summed E-state index contributed by atoms with van der Waals surface area (Å²) in [6.45, 7) is 2.65. The van der Waals surface area contributed by atoms with Crippen LogP contribution in [0.1, 0.15) is 6.92 Å². The molecule has 3 rings (SSSR count). The Hall–Kier alpha value is -2.71. The van der Waals surface area contributed by atoms with E-state index in [9.17, 15) is 4.79 Å². The average molecular weight is 433 g/mol. The van der Waals surface area contributed by atoms with Crippen molar-refractivity contribution < 1.29 is 14.3 Å². The number of halogens is 1. The lowest BCUT2D eigenvalue weighted by molar-refractivity contribution is -0.113. The largest absolute Gasteiger partial charge is 0.497 e. The van der Waals surface area contributed by atoms with Gasteiger partial charge in [0.15, 0.2) is 11.0 Å². The van der Waals surface area contributed by atoms with E-state index in [2.05, 4.69) is 15.5 Å². The van der Waals surface area contributed by atoms with E-state index in [1.54, 1.807) is 32.4 Å². The van der Waals surface area contributed by atoms with Crippen LogP contribution in [0.3, 0.4) is 0 Å². The average Bonchev–Trinajstić information content (AvgIpc) is 3.15. The van der Waals surface area contributed by atoms with Crippen molar-refractivity contribution in [1.82, 2.24) is 14.8 Å². The molecule has 3 aromatic rings. The molecule has 0 unspecified atom stereocenters. The van der Waals surface area contributed by atoms with E-state index in [0.717, 1.165) is 5.56 Å². The zero-order valence-corrected chi connectivity index (χ0v) is 17.9. The molecule has 0 aliphatic carbocycles. The highest BCUT2D eigenvalue weighted by atomic mass is 35.5. The van der Waals surface area contributed by atoms with Gasteiger partial charge in [-0.3, -0.25) is 4.79 Å². The Balaban J connectivity index is 1.71. The molecule has 1 amide bonds. The molecule has 9 heteroatoms. The lowest BCUT2D eigenvalue weighted by Gasteiger charge is -2.12. The Morgan fingerprint density at radius 3 is 2.66 bits per heavy atom. The van der Waals surface area contributed by atoms with Crippen LogP contribution in [0, 0.1) is 0 Å². The number of nitrogens with one attached hydrogen (secondary N) is 1. The van der Waals surface area contributed by atoms with Crippen LogP contribution in [0.5, 0.6) is 11.5 Å². The maximum atomic E-state index is 12.4. The van der Waals surface area contributed by atoms with Gasteiger partial charge in [0.25, 0.3) is 0 Å².